The lowest BCUT2D eigenvalue weighted by atomic mass is 10.0. The molecule has 1 aromatic rings. The van der Waals surface area contributed by atoms with Crippen molar-refractivity contribution < 1.29 is 29.0 Å². The first-order valence-corrected chi connectivity index (χ1v) is 9.49. The fourth-order valence-electron chi connectivity index (χ4n) is 2.10. The van der Waals surface area contributed by atoms with Crippen LogP contribution < -0.4 is 10.6 Å². The molecule has 150 valence electrons. The minimum Gasteiger partial charge on any atom is -0.467 e. The van der Waals surface area contributed by atoms with E-state index in [-0.39, 0.29) is 6.61 Å². The molecule has 1 rings (SSSR count). The predicted octanol–water partition coefficient (Wildman–Crippen LogP) is 1.07. The number of thioether (sulfide) groups is 1. The van der Waals surface area contributed by atoms with Gasteiger partial charge in [0.1, 0.15) is 12.6 Å². The molecule has 0 unspecified atom stereocenters. The summed E-state index contributed by atoms with van der Waals surface area (Å²) in [6.07, 6.45) is 1.81. The fourth-order valence-corrected chi connectivity index (χ4v) is 2.49. The first-order valence-electron chi connectivity index (χ1n) is 8.26. The number of hydrogen-bond donors (Lipinski definition) is 3. The van der Waals surface area contributed by atoms with Crippen LogP contribution >= 0.6 is 11.8 Å². The van der Waals surface area contributed by atoms with E-state index in [2.05, 4.69) is 15.4 Å². The molecule has 8 nitrogen and oxygen atoms in total. The molecule has 0 aromatic heterocycles. The van der Waals surface area contributed by atoms with Crippen LogP contribution in [0, 0.1) is 0 Å². The summed E-state index contributed by atoms with van der Waals surface area (Å²) in [6.45, 7) is 3.02. The van der Waals surface area contributed by atoms with Gasteiger partial charge < -0.3 is 25.2 Å². The van der Waals surface area contributed by atoms with Gasteiger partial charge in [0.05, 0.1) is 13.7 Å². The number of nitrogens with one attached hydrogen (secondary N) is 2. The molecule has 0 fully saturated rings. The molecule has 0 saturated carbocycles. The molecule has 0 aliphatic carbocycles. The summed E-state index contributed by atoms with van der Waals surface area (Å²) in [6, 6.07) is 6.18. The third-order valence-corrected chi connectivity index (χ3v) is 5.22. The van der Waals surface area contributed by atoms with Crippen LogP contribution in [0.15, 0.2) is 30.3 Å². The van der Waals surface area contributed by atoms with Crippen LogP contribution in [-0.2, 0) is 25.7 Å². The summed E-state index contributed by atoms with van der Waals surface area (Å²) in [7, 11) is 1.14. The van der Waals surface area contributed by atoms with E-state index < -0.39 is 41.4 Å². The highest BCUT2D eigenvalue weighted by atomic mass is 32.2. The van der Waals surface area contributed by atoms with E-state index in [1.807, 2.05) is 36.6 Å². The SMILES string of the molecule is COC(=O)[C@H](CO)NC(=O)N[C@H](C(=O)OCc1ccccc1)C(C)(C)SC. The zero-order chi connectivity index (χ0) is 20.4. The number of ether oxygens (including phenoxy) is 2. The second-order valence-corrected chi connectivity index (χ2v) is 7.67. The van der Waals surface area contributed by atoms with Gasteiger partial charge in [-0.1, -0.05) is 30.3 Å². The van der Waals surface area contributed by atoms with Gasteiger partial charge in [-0.25, -0.2) is 14.4 Å². The van der Waals surface area contributed by atoms with Gasteiger partial charge in [0.2, 0.25) is 0 Å². The quantitative estimate of drug-likeness (QED) is 0.533. The zero-order valence-corrected chi connectivity index (χ0v) is 16.7. The summed E-state index contributed by atoms with van der Waals surface area (Å²) >= 11 is 1.38. The van der Waals surface area contributed by atoms with Gasteiger partial charge in [0, 0.05) is 4.75 Å². The maximum absolute atomic E-state index is 12.6. The lowest BCUT2D eigenvalue weighted by molar-refractivity contribution is -0.147. The normalized spacial score (nSPS) is 13.2. The molecule has 0 heterocycles. The van der Waals surface area contributed by atoms with Crippen molar-refractivity contribution in [2.75, 3.05) is 20.0 Å². The van der Waals surface area contributed by atoms with Gasteiger partial charge in [-0.3, -0.25) is 0 Å². The Kier molecular flexibility index (Phi) is 9.10. The Morgan fingerprint density at radius 1 is 1.15 bits per heavy atom. The molecule has 0 bridgehead atoms. The molecule has 0 radical (unpaired) electrons. The third kappa shape index (κ3) is 7.10. The number of rotatable bonds is 9. The van der Waals surface area contributed by atoms with Crippen LogP contribution in [0.5, 0.6) is 0 Å². The van der Waals surface area contributed by atoms with Crippen LogP contribution in [0.4, 0.5) is 4.79 Å². The Labute approximate surface area is 163 Å². The summed E-state index contributed by atoms with van der Waals surface area (Å²) in [5.41, 5.74) is 0.821. The number of aliphatic hydroxyl groups is 1. The maximum Gasteiger partial charge on any atom is 0.330 e. The molecule has 2 amide bonds. The molecule has 1 aromatic carbocycles. The lowest BCUT2D eigenvalue weighted by Gasteiger charge is -2.32. The van der Waals surface area contributed by atoms with Crippen LogP contribution in [0.2, 0.25) is 0 Å². The van der Waals surface area contributed by atoms with Crippen molar-refractivity contribution in [1.29, 1.82) is 0 Å². The average molecular weight is 398 g/mol. The molecular formula is C18H26N2O6S. The zero-order valence-electron chi connectivity index (χ0n) is 15.9. The van der Waals surface area contributed by atoms with E-state index >= 15 is 0 Å². The van der Waals surface area contributed by atoms with E-state index in [0.29, 0.717) is 0 Å². The number of hydrogen-bond acceptors (Lipinski definition) is 7. The number of esters is 2. The number of methoxy groups -OCH3 is 1. The van der Waals surface area contributed by atoms with Crippen molar-refractivity contribution in [3.63, 3.8) is 0 Å². The third-order valence-electron chi connectivity index (χ3n) is 3.93. The molecule has 9 heteroatoms. The van der Waals surface area contributed by atoms with Crippen LogP contribution in [0.1, 0.15) is 19.4 Å². The minimum absolute atomic E-state index is 0.0748. The number of amides is 2. The Balaban J connectivity index is 2.80. The van der Waals surface area contributed by atoms with Crippen molar-refractivity contribution >= 4 is 29.7 Å². The molecule has 0 spiro atoms. The highest BCUT2D eigenvalue weighted by Crippen LogP contribution is 2.26. The molecule has 27 heavy (non-hydrogen) atoms. The van der Waals surface area contributed by atoms with E-state index in [4.69, 9.17) is 4.74 Å². The number of benzene rings is 1. The van der Waals surface area contributed by atoms with Crippen molar-refractivity contribution in [2.45, 2.75) is 37.3 Å². The van der Waals surface area contributed by atoms with Crippen molar-refractivity contribution in [1.82, 2.24) is 10.6 Å². The van der Waals surface area contributed by atoms with E-state index in [1.165, 1.54) is 11.8 Å². The molecule has 0 aliphatic rings. The van der Waals surface area contributed by atoms with E-state index in [1.54, 1.807) is 13.8 Å². The fraction of sp³-hybridized carbons (Fsp3) is 0.500. The molecule has 0 saturated heterocycles. The largest absolute Gasteiger partial charge is 0.467 e. The van der Waals surface area contributed by atoms with Crippen molar-refractivity contribution in [3.05, 3.63) is 35.9 Å². The molecule has 3 N–H and O–H groups in total. The molecule has 2 atom stereocenters. The Bertz CT molecular complexity index is 638. The van der Waals surface area contributed by atoms with Gasteiger partial charge in [-0.05, 0) is 25.7 Å². The highest BCUT2D eigenvalue weighted by molar-refractivity contribution is 8.00. The van der Waals surface area contributed by atoms with Crippen molar-refractivity contribution in [2.24, 2.45) is 0 Å². The van der Waals surface area contributed by atoms with Crippen LogP contribution in [0.3, 0.4) is 0 Å². The molecule has 0 aliphatic heterocycles. The standard InChI is InChI=1S/C18H26N2O6S/c1-18(2,27-4)14(16(23)26-11-12-8-6-5-7-9-12)20-17(24)19-13(10-21)15(22)25-3/h5-9,13-14,21H,10-11H2,1-4H3,(H2,19,20,24)/t13-,14+/m0/s1. The Morgan fingerprint density at radius 3 is 2.30 bits per heavy atom. The van der Waals surface area contributed by atoms with Gasteiger partial charge in [-0.2, -0.15) is 11.8 Å². The average Bonchev–Trinajstić information content (AvgIpc) is 2.68. The topological polar surface area (TPSA) is 114 Å². The predicted molar refractivity (Wildman–Crippen MR) is 102 cm³/mol. The van der Waals surface area contributed by atoms with Crippen LogP contribution in [0.25, 0.3) is 0 Å². The van der Waals surface area contributed by atoms with E-state index in [9.17, 15) is 19.5 Å². The number of carbonyl (C=O) groups is 3. The first kappa shape index (κ1) is 22.8. The van der Waals surface area contributed by atoms with Gasteiger partial charge in [0.25, 0.3) is 0 Å². The number of urea groups is 1. The Hall–Kier alpha value is -2.26. The minimum atomic E-state index is -1.23. The highest BCUT2D eigenvalue weighted by Gasteiger charge is 2.38. The smallest absolute Gasteiger partial charge is 0.330 e. The molecular weight excluding hydrogens is 372 g/mol. The summed E-state index contributed by atoms with van der Waals surface area (Å²) in [4.78, 5) is 36.3. The maximum atomic E-state index is 12.6. The van der Waals surface area contributed by atoms with E-state index in [0.717, 1.165) is 12.7 Å². The number of aliphatic hydroxyl groups excluding tert-OH is 1. The second kappa shape index (κ2) is 10.8. The second-order valence-electron chi connectivity index (χ2n) is 6.21. The van der Waals surface area contributed by atoms with Gasteiger partial charge in [-0.15, -0.1) is 0 Å². The van der Waals surface area contributed by atoms with Gasteiger partial charge in [0.15, 0.2) is 6.04 Å². The Morgan fingerprint density at radius 2 is 1.78 bits per heavy atom. The summed E-state index contributed by atoms with van der Waals surface area (Å²) in [5.74, 6) is -1.40. The monoisotopic (exact) mass is 398 g/mol. The summed E-state index contributed by atoms with van der Waals surface area (Å²) < 4.78 is 9.16. The first-order chi connectivity index (χ1) is 12.7. The van der Waals surface area contributed by atoms with Crippen LogP contribution in [-0.4, -0.2) is 59.9 Å². The number of carbonyl (C=O) groups excluding carboxylic acids is 3. The summed E-state index contributed by atoms with van der Waals surface area (Å²) in [5, 5.41) is 14.0. The van der Waals surface area contributed by atoms with Crippen molar-refractivity contribution in [3.8, 4) is 0 Å². The van der Waals surface area contributed by atoms with Gasteiger partial charge >= 0.3 is 18.0 Å². The lowest BCUT2D eigenvalue weighted by Crippen LogP contribution is -2.58.